The number of nitrogens with one attached hydrogen (secondary N) is 1. The minimum Gasteiger partial charge on any atom is -0.296 e. The monoisotopic (exact) mass is 321 g/mol. The Kier molecular flexibility index (Phi) is 5.64. The van der Waals surface area contributed by atoms with Gasteiger partial charge in [-0.1, -0.05) is 22.0 Å². The quantitative estimate of drug-likeness (QED) is 0.493. The van der Waals surface area contributed by atoms with Crippen molar-refractivity contribution in [1.82, 2.24) is 10.3 Å². The van der Waals surface area contributed by atoms with E-state index in [2.05, 4.69) is 15.9 Å². The van der Waals surface area contributed by atoms with E-state index in [0.29, 0.717) is 16.6 Å². The van der Waals surface area contributed by atoms with Crippen LogP contribution in [0.1, 0.15) is 15.9 Å². The molecule has 18 heavy (non-hydrogen) atoms. The first-order chi connectivity index (χ1) is 8.43. The lowest BCUT2D eigenvalue weighted by Crippen LogP contribution is -2.30. The fourth-order valence-corrected chi connectivity index (χ4v) is 2.00. The van der Waals surface area contributed by atoms with Gasteiger partial charge in [-0.15, -0.1) is 0 Å². The Labute approximate surface area is 112 Å². The first-order valence-corrected chi connectivity index (χ1v) is 5.99. The van der Waals surface area contributed by atoms with Crippen LogP contribution in [0.15, 0.2) is 22.7 Å². The molecule has 0 fully saturated rings. The zero-order valence-corrected chi connectivity index (χ0v) is 11.4. The number of nitrogen functional groups attached to an aromatic ring is 1. The summed E-state index contributed by atoms with van der Waals surface area (Å²) in [5, 5.41) is 0. The normalized spacial score (nSPS) is 11.1. The zero-order valence-electron chi connectivity index (χ0n) is 9.79. The van der Waals surface area contributed by atoms with E-state index >= 15 is 0 Å². The average Bonchev–Trinajstić information content (AvgIpc) is 2.29. The molecule has 1 rings (SSSR count). The molecule has 0 aliphatic heterocycles. The van der Waals surface area contributed by atoms with Gasteiger partial charge in [-0.2, -0.15) is 0 Å². The van der Waals surface area contributed by atoms with Crippen LogP contribution in [0.5, 0.6) is 0 Å². The Morgan fingerprint density at radius 3 is 2.72 bits per heavy atom. The molecule has 1 amide bonds. The number of alkyl halides is 2. The van der Waals surface area contributed by atoms with Crippen LogP contribution in [0, 0.1) is 0 Å². The summed E-state index contributed by atoms with van der Waals surface area (Å²) in [5.74, 6) is 4.62. The van der Waals surface area contributed by atoms with Crippen molar-refractivity contribution in [2.45, 2.75) is 13.0 Å². The van der Waals surface area contributed by atoms with E-state index < -0.39 is 12.3 Å². The number of hydrogen-bond acceptors (Lipinski definition) is 3. The van der Waals surface area contributed by atoms with Gasteiger partial charge in [0.05, 0.1) is 6.54 Å². The molecular formula is C11H14BrF2N3O. The molecule has 0 radical (unpaired) electrons. The van der Waals surface area contributed by atoms with Crippen molar-refractivity contribution in [3.05, 3.63) is 33.8 Å². The van der Waals surface area contributed by atoms with Gasteiger partial charge in [0.15, 0.2) is 0 Å². The van der Waals surface area contributed by atoms with Crippen molar-refractivity contribution in [3.63, 3.8) is 0 Å². The molecule has 0 bridgehead atoms. The molecular weight excluding hydrogens is 308 g/mol. The van der Waals surface area contributed by atoms with Crippen molar-refractivity contribution in [3.8, 4) is 0 Å². The third-order valence-corrected chi connectivity index (χ3v) is 3.07. The van der Waals surface area contributed by atoms with Gasteiger partial charge in [-0.05, 0) is 24.7 Å². The molecule has 0 saturated carbocycles. The van der Waals surface area contributed by atoms with E-state index in [0.717, 1.165) is 5.56 Å². The van der Waals surface area contributed by atoms with Crippen molar-refractivity contribution in [1.29, 1.82) is 0 Å². The number of nitrogens with two attached hydrogens (primary N) is 1. The van der Waals surface area contributed by atoms with Crippen LogP contribution in [0.3, 0.4) is 0 Å². The van der Waals surface area contributed by atoms with Gasteiger partial charge >= 0.3 is 0 Å². The number of nitrogens with zero attached hydrogens (tertiary/aromatic N) is 1. The molecule has 4 nitrogen and oxygen atoms in total. The summed E-state index contributed by atoms with van der Waals surface area (Å²) in [6.45, 7) is 0.0763. The second-order valence-electron chi connectivity index (χ2n) is 3.87. The number of carbonyl (C=O) groups excluding carboxylic acids is 1. The van der Waals surface area contributed by atoms with Crippen LogP contribution in [-0.2, 0) is 6.54 Å². The standard InChI is InChI=1S/C11H14BrF2N3O/c1-17(6-10(13)14)5-8-3-2-7(4-9(8)12)11(18)16-15/h2-4,10H,5-6,15H2,1H3,(H,16,18). The smallest absolute Gasteiger partial charge is 0.265 e. The zero-order chi connectivity index (χ0) is 13.7. The Morgan fingerprint density at radius 2 is 2.22 bits per heavy atom. The Balaban J connectivity index is 2.76. The summed E-state index contributed by atoms with van der Waals surface area (Å²) in [5.41, 5.74) is 3.26. The minimum atomic E-state index is -2.36. The summed E-state index contributed by atoms with van der Waals surface area (Å²) < 4.78 is 25.1. The molecule has 0 unspecified atom stereocenters. The summed E-state index contributed by atoms with van der Waals surface area (Å²) in [6, 6.07) is 4.91. The molecule has 100 valence electrons. The highest BCUT2D eigenvalue weighted by Crippen LogP contribution is 2.20. The number of benzene rings is 1. The molecule has 0 saturated heterocycles. The van der Waals surface area contributed by atoms with Crippen LogP contribution in [0.4, 0.5) is 8.78 Å². The van der Waals surface area contributed by atoms with Crippen LogP contribution < -0.4 is 11.3 Å². The fourth-order valence-electron chi connectivity index (χ4n) is 1.49. The van der Waals surface area contributed by atoms with Gasteiger partial charge in [0, 0.05) is 16.6 Å². The Morgan fingerprint density at radius 1 is 1.56 bits per heavy atom. The first-order valence-electron chi connectivity index (χ1n) is 5.20. The lowest BCUT2D eigenvalue weighted by Gasteiger charge is -2.17. The van der Waals surface area contributed by atoms with Gasteiger partial charge in [-0.25, -0.2) is 14.6 Å². The summed E-state index contributed by atoms with van der Waals surface area (Å²) in [7, 11) is 1.61. The summed E-state index contributed by atoms with van der Waals surface area (Å²) in [4.78, 5) is 12.8. The highest BCUT2D eigenvalue weighted by Gasteiger charge is 2.11. The number of amides is 1. The second-order valence-corrected chi connectivity index (χ2v) is 4.72. The van der Waals surface area contributed by atoms with Gasteiger partial charge in [0.1, 0.15) is 0 Å². The van der Waals surface area contributed by atoms with Crippen molar-refractivity contribution >= 4 is 21.8 Å². The summed E-state index contributed by atoms with van der Waals surface area (Å²) in [6.07, 6.45) is -2.36. The van der Waals surface area contributed by atoms with Crippen LogP contribution >= 0.6 is 15.9 Å². The van der Waals surface area contributed by atoms with Crippen molar-refractivity contribution < 1.29 is 13.6 Å². The predicted octanol–water partition coefficient (Wildman–Crippen LogP) is 1.75. The van der Waals surface area contributed by atoms with E-state index in [4.69, 9.17) is 5.84 Å². The van der Waals surface area contributed by atoms with Gasteiger partial charge in [0.2, 0.25) is 0 Å². The van der Waals surface area contributed by atoms with E-state index in [1.807, 2.05) is 5.43 Å². The van der Waals surface area contributed by atoms with Crippen LogP contribution in [-0.4, -0.2) is 30.8 Å². The maximum atomic E-state index is 12.2. The lowest BCUT2D eigenvalue weighted by atomic mass is 10.1. The van der Waals surface area contributed by atoms with E-state index in [1.165, 1.54) is 4.90 Å². The molecule has 0 aromatic heterocycles. The number of rotatable bonds is 5. The van der Waals surface area contributed by atoms with Crippen LogP contribution in [0.25, 0.3) is 0 Å². The maximum Gasteiger partial charge on any atom is 0.265 e. The van der Waals surface area contributed by atoms with E-state index in [-0.39, 0.29) is 6.54 Å². The highest BCUT2D eigenvalue weighted by molar-refractivity contribution is 9.10. The SMILES string of the molecule is CN(Cc1ccc(C(=O)NN)cc1Br)CC(F)F. The lowest BCUT2D eigenvalue weighted by molar-refractivity contribution is 0.0953. The van der Waals surface area contributed by atoms with Gasteiger partial charge < -0.3 is 0 Å². The molecule has 0 heterocycles. The fraction of sp³-hybridized carbons (Fsp3) is 0.364. The molecule has 0 atom stereocenters. The molecule has 3 N–H and O–H groups in total. The molecule has 1 aromatic rings. The third kappa shape index (κ3) is 4.32. The van der Waals surface area contributed by atoms with Crippen molar-refractivity contribution in [2.75, 3.05) is 13.6 Å². The number of hydrogen-bond donors (Lipinski definition) is 2. The number of halogens is 3. The molecule has 1 aromatic carbocycles. The number of hydrazine groups is 1. The maximum absolute atomic E-state index is 12.2. The molecule has 7 heteroatoms. The minimum absolute atomic E-state index is 0.294. The van der Waals surface area contributed by atoms with Gasteiger partial charge in [0.25, 0.3) is 12.3 Å². The van der Waals surface area contributed by atoms with E-state index in [1.54, 1.807) is 25.2 Å². The van der Waals surface area contributed by atoms with Gasteiger partial charge in [-0.3, -0.25) is 15.1 Å². The Bertz CT molecular complexity index is 429. The van der Waals surface area contributed by atoms with E-state index in [9.17, 15) is 13.6 Å². The Hall–Kier alpha value is -1.05. The number of carbonyl (C=O) groups is 1. The van der Waals surface area contributed by atoms with Crippen molar-refractivity contribution in [2.24, 2.45) is 5.84 Å². The largest absolute Gasteiger partial charge is 0.296 e. The molecule has 0 aliphatic rings. The second kappa shape index (κ2) is 6.77. The van der Waals surface area contributed by atoms with Crippen LogP contribution in [0.2, 0.25) is 0 Å². The highest BCUT2D eigenvalue weighted by atomic mass is 79.9. The molecule has 0 spiro atoms. The molecule has 0 aliphatic carbocycles. The third-order valence-electron chi connectivity index (χ3n) is 2.34. The predicted molar refractivity (Wildman–Crippen MR) is 68.1 cm³/mol. The first kappa shape index (κ1) is 15.0. The average molecular weight is 322 g/mol. The summed E-state index contributed by atoms with van der Waals surface area (Å²) >= 11 is 3.30. The topological polar surface area (TPSA) is 58.4 Å².